The fourth-order valence-electron chi connectivity index (χ4n) is 1.36. The van der Waals surface area contributed by atoms with Crippen molar-refractivity contribution in [3.05, 3.63) is 16.5 Å². The molecule has 18 heavy (non-hydrogen) atoms. The van der Waals surface area contributed by atoms with Gasteiger partial charge in [0.1, 0.15) is 10.7 Å². The monoisotopic (exact) mass is 339 g/mol. The van der Waals surface area contributed by atoms with Crippen molar-refractivity contribution in [2.75, 3.05) is 27.2 Å². The second kappa shape index (κ2) is 6.67. The zero-order valence-corrected chi connectivity index (χ0v) is 12.8. The van der Waals surface area contributed by atoms with E-state index in [4.69, 9.17) is 10.2 Å². The van der Waals surface area contributed by atoms with E-state index in [2.05, 4.69) is 20.7 Å². The Bertz CT molecular complexity index is 485. The van der Waals surface area contributed by atoms with Gasteiger partial charge in [0.15, 0.2) is 4.67 Å². The number of halogens is 1. The van der Waals surface area contributed by atoms with Gasteiger partial charge in [0.05, 0.1) is 6.54 Å². The molecule has 0 amide bonds. The average Bonchev–Trinajstić information content (AvgIpc) is 2.66. The van der Waals surface area contributed by atoms with Gasteiger partial charge in [-0.3, -0.25) is 0 Å². The first-order valence-electron chi connectivity index (χ1n) is 5.49. The maximum Gasteiger partial charge on any atom is 0.244 e. The number of nitrogens with one attached hydrogen (secondary N) is 1. The van der Waals surface area contributed by atoms with Crippen molar-refractivity contribution >= 4 is 26.0 Å². The van der Waals surface area contributed by atoms with Crippen molar-refractivity contribution < 1.29 is 12.8 Å². The third-order valence-electron chi connectivity index (χ3n) is 2.27. The first-order valence-corrected chi connectivity index (χ1v) is 7.77. The van der Waals surface area contributed by atoms with E-state index in [0.717, 1.165) is 13.0 Å². The molecule has 0 bridgehead atoms. The minimum Gasteiger partial charge on any atom is -0.452 e. The smallest absolute Gasteiger partial charge is 0.244 e. The molecule has 3 N–H and O–H groups in total. The molecular formula is C10H18BrN3O3S. The Hall–Kier alpha value is -0.410. The van der Waals surface area contributed by atoms with Gasteiger partial charge in [-0.15, -0.1) is 0 Å². The Morgan fingerprint density at radius 3 is 2.67 bits per heavy atom. The molecule has 1 heterocycles. The van der Waals surface area contributed by atoms with Crippen LogP contribution >= 0.6 is 15.9 Å². The fraction of sp³-hybridized carbons (Fsp3) is 0.600. The number of furan rings is 1. The summed E-state index contributed by atoms with van der Waals surface area (Å²) in [4.78, 5) is 2.09. The summed E-state index contributed by atoms with van der Waals surface area (Å²) >= 11 is 3.08. The van der Waals surface area contributed by atoms with Crippen molar-refractivity contribution in [3.63, 3.8) is 0 Å². The van der Waals surface area contributed by atoms with Gasteiger partial charge in [-0.1, -0.05) is 0 Å². The van der Waals surface area contributed by atoms with Crippen LogP contribution in [0.2, 0.25) is 0 Å². The van der Waals surface area contributed by atoms with Crippen LogP contribution in [0.25, 0.3) is 0 Å². The van der Waals surface area contributed by atoms with Crippen molar-refractivity contribution in [1.82, 2.24) is 9.62 Å². The maximum atomic E-state index is 12.0. The van der Waals surface area contributed by atoms with Crippen molar-refractivity contribution in [3.8, 4) is 0 Å². The normalized spacial score (nSPS) is 12.3. The molecular weight excluding hydrogens is 322 g/mol. The second-order valence-corrected chi connectivity index (χ2v) is 6.57. The SMILES string of the molecule is CN(C)CCCNS(=O)(=O)c1cc(CN)oc1Br. The molecule has 0 aliphatic rings. The molecule has 0 aliphatic carbocycles. The van der Waals surface area contributed by atoms with E-state index in [9.17, 15) is 8.42 Å². The predicted octanol–water partition coefficient (Wildman–Crippen LogP) is 0.731. The molecule has 0 radical (unpaired) electrons. The van der Waals surface area contributed by atoms with E-state index >= 15 is 0 Å². The molecule has 0 saturated heterocycles. The van der Waals surface area contributed by atoms with Crippen LogP contribution in [0, 0.1) is 0 Å². The van der Waals surface area contributed by atoms with Crippen LogP contribution in [0.1, 0.15) is 12.2 Å². The van der Waals surface area contributed by atoms with E-state index < -0.39 is 10.0 Å². The molecule has 1 aromatic heterocycles. The van der Waals surface area contributed by atoms with Crippen LogP contribution in [-0.2, 0) is 16.6 Å². The number of sulfonamides is 1. The predicted molar refractivity (Wildman–Crippen MR) is 72.7 cm³/mol. The lowest BCUT2D eigenvalue weighted by molar-refractivity contribution is 0.400. The van der Waals surface area contributed by atoms with E-state index in [1.165, 1.54) is 6.07 Å². The third-order valence-corrected chi connectivity index (χ3v) is 4.59. The van der Waals surface area contributed by atoms with Crippen molar-refractivity contribution in [2.24, 2.45) is 5.73 Å². The molecule has 6 nitrogen and oxygen atoms in total. The molecule has 0 aromatic carbocycles. The summed E-state index contributed by atoms with van der Waals surface area (Å²) in [5.74, 6) is 0.426. The number of nitrogens with two attached hydrogens (primary N) is 1. The summed E-state index contributed by atoms with van der Waals surface area (Å²) in [6.45, 7) is 1.37. The highest BCUT2D eigenvalue weighted by atomic mass is 79.9. The Morgan fingerprint density at radius 2 is 2.17 bits per heavy atom. The Kier molecular flexibility index (Phi) is 5.80. The Balaban J connectivity index is 2.65. The highest BCUT2D eigenvalue weighted by molar-refractivity contribution is 9.10. The molecule has 0 saturated carbocycles. The largest absolute Gasteiger partial charge is 0.452 e. The van der Waals surface area contributed by atoms with E-state index in [-0.39, 0.29) is 16.1 Å². The van der Waals surface area contributed by atoms with Gasteiger partial charge in [0.2, 0.25) is 10.0 Å². The Labute approximate surface area is 116 Å². The minimum atomic E-state index is -3.54. The first-order chi connectivity index (χ1) is 8.36. The summed E-state index contributed by atoms with van der Waals surface area (Å²) in [7, 11) is 0.335. The van der Waals surface area contributed by atoms with Gasteiger partial charge < -0.3 is 15.1 Å². The van der Waals surface area contributed by atoms with Gasteiger partial charge in [-0.25, -0.2) is 13.1 Å². The minimum absolute atomic E-state index is 0.0906. The van der Waals surface area contributed by atoms with Gasteiger partial charge in [-0.05, 0) is 43.0 Å². The topological polar surface area (TPSA) is 88.6 Å². The zero-order valence-electron chi connectivity index (χ0n) is 10.4. The van der Waals surface area contributed by atoms with Crippen LogP contribution in [0.4, 0.5) is 0 Å². The molecule has 1 aromatic rings. The first kappa shape index (κ1) is 15.6. The zero-order chi connectivity index (χ0) is 13.8. The molecule has 104 valence electrons. The number of hydrogen-bond donors (Lipinski definition) is 2. The van der Waals surface area contributed by atoms with Crippen molar-refractivity contribution in [1.29, 1.82) is 0 Å². The molecule has 0 spiro atoms. The van der Waals surface area contributed by atoms with Gasteiger partial charge >= 0.3 is 0 Å². The fourth-order valence-corrected chi connectivity index (χ4v) is 3.43. The molecule has 0 fully saturated rings. The van der Waals surface area contributed by atoms with Gasteiger partial charge in [-0.2, -0.15) is 0 Å². The van der Waals surface area contributed by atoms with Crippen LogP contribution in [-0.4, -0.2) is 40.5 Å². The molecule has 1 rings (SSSR count). The van der Waals surface area contributed by atoms with Crippen LogP contribution in [0.3, 0.4) is 0 Å². The lowest BCUT2D eigenvalue weighted by Gasteiger charge is -2.09. The highest BCUT2D eigenvalue weighted by Gasteiger charge is 2.21. The quantitative estimate of drug-likeness (QED) is 0.715. The van der Waals surface area contributed by atoms with Crippen LogP contribution in [0.15, 0.2) is 20.0 Å². The van der Waals surface area contributed by atoms with E-state index in [0.29, 0.717) is 12.3 Å². The van der Waals surface area contributed by atoms with Gasteiger partial charge in [0, 0.05) is 12.6 Å². The standard InChI is InChI=1S/C10H18BrN3O3S/c1-14(2)5-3-4-13-18(15,16)9-6-8(7-12)17-10(9)11/h6,13H,3-5,7,12H2,1-2H3. The Morgan fingerprint density at radius 1 is 1.50 bits per heavy atom. The van der Waals surface area contributed by atoms with E-state index in [1.54, 1.807) is 0 Å². The summed E-state index contributed by atoms with van der Waals surface area (Å²) in [6, 6.07) is 1.43. The number of rotatable bonds is 7. The average molecular weight is 340 g/mol. The molecule has 8 heteroatoms. The van der Waals surface area contributed by atoms with Crippen LogP contribution in [0.5, 0.6) is 0 Å². The summed E-state index contributed by atoms with van der Waals surface area (Å²) in [6.07, 6.45) is 0.742. The third kappa shape index (κ3) is 4.36. The van der Waals surface area contributed by atoms with Crippen molar-refractivity contribution in [2.45, 2.75) is 17.9 Å². The molecule has 0 atom stereocenters. The second-order valence-electron chi connectivity index (χ2n) is 4.11. The van der Waals surface area contributed by atoms with E-state index in [1.807, 2.05) is 19.0 Å². The maximum absolute atomic E-state index is 12.0. The summed E-state index contributed by atoms with van der Waals surface area (Å²) in [5, 5.41) is 0. The number of hydrogen-bond acceptors (Lipinski definition) is 5. The summed E-state index contributed by atoms with van der Waals surface area (Å²) < 4.78 is 31.8. The molecule has 0 aliphatic heterocycles. The highest BCUT2D eigenvalue weighted by Crippen LogP contribution is 2.25. The lowest BCUT2D eigenvalue weighted by atomic mass is 10.4. The van der Waals surface area contributed by atoms with Crippen LogP contribution < -0.4 is 10.5 Å². The number of nitrogens with zero attached hydrogens (tertiary/aromatic N) is 1. The molecule has 0 unspecified atom stereocenters. The lowest BCUT2D eigenvalue weighted by Crippen LogP contribution is -2.27. The van der Waals surface area contributed by atoms with Gasteiger partial charge in [0.25, 0.3) is 0 Å². The summed E-state index contributed by atoms with van der Waals surface area (Å²) in [5.41, 5.74) is 5.39.